The molecular weight excluding hydrogens is 1120 g/mol. The zero-order valence-corrected chi connectivity index (χ0v) is 43.3. The summed E-state index contributed by atoms with van der Waals surface area (Å²) in [5.41, 5.74) is 15.7. The molecule has 0 amide bonds. The van der Waals surface area contributed by atoms with Crippen molar-refractivity contribution >= 4 is 82.3 Å². The molecule has 16 atom stereocenters. The first-order valence-corrected chi connectivity index (χ1v) is 28.2. The number of aromatic nitrogens is 12. The number of aromatic amines is 2. The van der Waals surface area contributed by atoms with Crippen molar-refractivity contribution in [2.24, 2.45) is 13.0 Å². The molecule has 0 bridgehead atoms. The van der Waals surface area contributed by atoms with Gasteiger partial charge in [0.2, 0.25) is 24.5 Å². The lowest BCUT2D eigenvalue weighted by molar-refractivity contribution is -0.646. The minimum absolute atomic E-state index is 0.0118. The first kappa shape index (κ1) is 56.6. The second-order valence-corrected chi connectivity index (χ2v) is 23.5. The van der Waals surface area contributed by atoms with Crippen molar-refractivity contribution in [2.45, 2.75) is 67.5 Å². The van der Waals surface area contributed by atoms with Crippen LogP contribution in [0, 0.1) is 5.92 Å². The monoisotopic (exact) mass is 1170 g/mol. The summed E-state index contributed by atoms with van der Waals surface area (Å²) < 4.78 is 111. The largest absolute Gasteiger partial charge is 0.756 e. The second kappa shape index (κ2) is 21.5. The molecule has 4 unspecified atom stereocenters. The van der Waals surface area contributed by atoms with E-state index in [4.69, 9.17) is 59.0 Å². The Labute approximate surface area is 428 Å². The molecule has 15 N–H and O–H groups in total. The third kappa shape index (κ3) is 11.5. The summed E-state index contributed by atoms with van der Waals surface area (Å²) in [6.07, 6.45) is -13.0. The number of nitrogens with zero attached hydrogens (tertiary/aromatic N) is 10. The number of nitrogens with one attached hydrogen (secondary N) is 3. The number of ether oxygens (including phenoxy) is 5. The van der Waals surface area contributed by atoms with Crippen LogP contribution in [0.4, 0.5) is 17.7 Å². The van der Waals surface area contributed by atoms with Gasteiger partial charge in [-0.1, -0.05) is 0 Å². The molecule has 43 heteroatoms. The van der Waals surface area contributed by atoms with Gasteiger partial charge in [-0.05, 0) is 0 Å². The predicted octanol–water partition coefficient (Wildman–Crippen LogP) is -4.87. The second-order valence-electron chi connectivity index (χ2n) is 17.2. The van der Waals surface area contributed by atoms with Crippen LogP contribution in [-0.2, 0) is 71.4 Å². The Bertz CT molecular complexity index is 3510. The lowest BCUT2D eigenvalue weighted by Crippen LogP contribution is -2.39. The third-order valence-corrected chi connectivity index (χ3v) is 17.8. The summed E-state index contributed by atoms with van der Waals surface area (Å²) in [6, 6.07) is 0. The van der Waals surface area contributed by atoms with Gasteiger partial charge in [-0.15, -0.1) is 4.86 Å². The number of imidazole rings is 3. The van der Waals surface area contributed by atoms with Gasteiger partial charge in [0.15, 0.2) is 35.1 Å². The molecule has 0 aliphatic carbocycles. The molecular formula is C34H48N16O23P4. The van der Waals surface area contributed by atoms with Gasteiger partial charge in [0, 0.05) is 20.1 Å². The first-order chi connectivity index (χ1) is 36.2. The highest BCUT2D eigenvalue weighted by Gasteiger charge is 2.53. The van der Waals surface area contributed by atoms with E-state index in [2.05, 4.69) is 44.2 Å². The van der Waals surface area contributed by atoms with Crippen LogP contribution in [-0.4, -0.2) is 173 Å². The molecule has 0 spiro atoms. The number of methoxy groups -OCH3 is 2. The van der Waals surface area contributed by atoms with Crippen LogP contribution in [0.5, 0.6) is 0 Å². The number of anilines is 3. The van der Waals surface area contributed by atoms with Crippen LogP contribution in [0.25, 0.3) is 33.5 Å². The van der Waals surface area contributed by atoms with Crippen LogP contribution in [0.2, 0.25) is 0 Å². The molecule has 6 aromatic heterocycles. The fraction of sp³-hybridized carbons (Fsp3) is 0.559. The summed E-state index contributed by atoms with van der Waals surface area (Å²) in [6.45, 7) is -3.43. The summed E-state index contributed by atoms with van der Waals surface area (Å²) in [5.74, 6) is -1.69. The summed E-state index contributed by atoms with van der Waals surface area (Å²) >= 11 is 0. The summed E-state index contributed by atoms with van der Waals surface area (Å²) in [7, 11) is -19.2. The summed E-state index contributed by atoms with van der Waals surface area (Å²) in [4.78, 5) is 100. The van der Waals surface area contributed by atoms with Crippen molar-refractivity contribution in [3.63, 3.8) is 0 Å². The van der Waals surface area contributed by atoms with Crippen molar-refractivity contribution in [2.75, 3.05) is 57.8 Å². The molecule has 0 aromatic carbocycles. The Morgan fingerprint density at radius 3 is 2.03 bits per heavy atom. The zero-order valence-electron chi connectivity index (χ0n) is 39.7. The Morgan fingerprint density at radius 1 is 0.714 bits per heavy atom. The molecule has 3 aliphatic rings. The maximum atomic E-state index is 13.6. The lowest BCUT2D eigenvalue weighted by atomic mass is 9.99. The number of phosphoric acid groups is 2. The molecule has 39 nitrogen and oxygen atoms in total. The van der Waals surface area contributed by atoms with Gasteiger partial charge >= 0.3 is 28.9 Å². The third-order valence-electron chi connectivity index (χ3n) is 12.2. The molecule has 422 valence electrons. The maximum Gasteiger partial charge on any atom is 0.480 e. The number of H-pyrrole nitrogens is 2. The van der Waals surface area contributed by atoms with Gasteiger partial charge in [-0.3, -0.25) is 42.3 Å². The van der Waals surface area contributed by atoms with Gasteiger partial charge in [0.25, 0.3) is 24.5 Å². The van der Waals surface area contributed by atoms with Gasteiger partial charge in [-0.2, -0.15) is 18.8 Å². The van der Waals surface area contributed by atoms with E-state index < -0.39 is 136 Å². The average Bonchev–Trinajstić information content (AvgIpc) is 4.21. The van der Waals surface area contributed by atoms with Crippen LogP contribution < -0.4 is 42.6 Å². The van der Waals surface area contributed by atoms with Crippen LogP contribution in [0.15, 0.2) is 34.9 Å². The smallest absolute Gasteiger partial charge is 0.480 e. The Kier molecular flexibility index (Phi) is 15.8. The highest BCUT2D eigenvalue weighted by atomic mass is 31.3. The number of phosphoric ester groups is 2. The molecule has 0 radical (unpaired) electrons. The summed E-state index contributed by atoms with van der Waals surface area (Å²) in [5, 5.41) is 33.0. The van der Waals surface area contributed by atoms with Crippen molar-refractivity contribution in [3.05, 3.63) is 46.0 Å². The lowest BCUT2D eigenvalue weighted by Gasteiger charge is -2.31. The zero-order chi connectivity index (χ0) is 55.7. The van der Waals surface area contributed by atoms with E-state index in [9.17, 15) is 62.7 Å². The molecule has 9 rings (SSSR count). The van der Waals surface area contributed by atoms with Gasteiger partial charge in [0.1, 0.15) is 54.6 Å². The molecule has 3 fully saturated rings. The van der Waals surface area contributed by atoms with Crippen molar-refractivity contribution in [1.29, 1.82) is 0 Å². The van der Waals surface area contributed by atoms with E-state index in [1.165, 1.54) is 39.0 Å². The Balaban J connectivity index is 0.869. The number of aliphatic hydroxyl groups is 3. The van der Waals surface area contributed by atoms with E-state index in [-0.39, 0.29) is 57.8 Å². The van der Waals surface area contributed by atoms with Crippen LogP contribution in [0.1, 0.15) is 18.7 Å². The number of aryl methyl sites for hydroxylation is 1. The number of fused-ring (bicyclic) bond motifs is 3. The number of hydrogen-bond acceptors (Lipinski definition) is 29. The molecule has 9 heterocycles. The van der Waals surface area contributed by atoms with Gasteiger partial charge < -0.3 is 84.8 Å². The Morgan fingerprint density at radius 2 is 1.32 bits per heavy atom. The average molecular weight is 1170 g/mol. The van der Waals surface area contributed by atoms with E-state index in [0.29, 0.717) is 0 Å². The first-order valence-electron chi connectivity index (χ1n) is 22.1. The molecule has 6 aromatic rings. The Hall–Kier alpha value is -5.15. The fourth-order valence-electron chi connectivity index (χ4n) is 8.82. The van der Waals surface area contributed by atoms with Crippen molar-refractivity contribution in [3.8, 4) is 0 Å². The van der Waals surface area contributed by atoms with E-state index >= 15 is 0 Å². The van der Waals surface area contributed by atoms with Crippen LogP contribution >= 0.6 is 31.1 Å². The minimum Gasteiger partial charge on any atom is -0.756 e. The van der Waals surface area contributed by atoms with E-state index in [0.717, 1.165) is 30.7 Å². The normalized spacial score (nSPS) is 30.0. The highest BCUT2D eigenvalue weighted by molar-refractivity contribution is 7.71. The maximum absolute atomic E-state index is 13.6. The number of nitrogen functional groups attached to an aromatic ring is 3. The highest BCUT2D eigenvalue weighted by Crippen LogP contribution is 2.62. The quantitative estimate of drug-likeness (QED) is 0.0237. The molecule has 3 saturated heterocycles. The predicted molar refractivity (Wildman–Crippen MR) is 248 cm³/mol. The van der Waals surface area contributed by atoms with Crippen molar-refractivity contribution in [1.82, 2.24) is 58.4 Å². The SMILES string of the molecule is COC[C@H]1[C@@H](O)[C@H](n2c[n+](C)c3c(=O)[nH]c(N)nc32)O[C@@H]1COP(=O)(O)OP(=O)(O)NP(=O)(O)OC[C@H]1O[C@@H](n2cnc3c(N)ncnc32)[C@H](OC)[C@@H]1OP(=O)([O-])OC[C@H]1O[C@@H](n2cnc3c(=O)[nH]c(N)nc32)[C@H](O)[C@@H]1O. The molecule has 3 aliphatic heterocycles. The molecule has 77 heavy (non-hydrogen) atoms. The van der Waals surface area contributed by atoms with Gasteiger partial charge in [0.05, 0.1) is 52.2 Å². The molecule has 0 saturated carbocycles. The van der Waals surface area contributed by atoms with Crippen LogP contribution in [0.3, 0.4) is 0 Å². The number of nitrogens with two attached hydrogens (primary N) is 3. The van der Waals surface area contributed by atoms with Crippen molar-refractivity contribution < 1.29 is 104 Å². The number of hydrogen-bond donors (Lipinski definition) is 12. The minimum atomic E-state index is -5.94. The number of aliphatic hydroxyl groups excluding tert-OH is 3. The topological polar surface area (TPSA) is 557 Å². The van der Waals surface area contributed by atoms with E-state index in [1.807, 2.05) is 0 Å². The standard InChI is InChI=1S/C34H48N16O23P4/c1-47-11-50(27-18(47)29(55)45-34(37)43-27)30-19(51)12(4-64-2)13(69-30)5-68-77(62,63)73-75(58,59)46-74(56,57)66-7-15-22(23(65-3)32(71-15)48-9-40-16-24(35)38-8-39-25(16)48)72-76(60,61)67-6-14-20(52)21(53)31(70-14)49-10-41-17-26(49)42-33(36)44-28(17)54/h8-15,19-23,30-32,51-53H,4-7H2,1-3H3,(H12-,35,36,37,38,39,42,43,44,45,46,54,55,56,57,58,59,60,61,62,63)/t12-,13-,14-,15-,19-,20-,21-,22-,23-,30-,31-,32-/m1/s1. The van der Waals surface area contributed by atoms with E-state index in [1.54, 1.807) is 0 Å². The fourth-order valence-corrected chi connectivity index (χ4v) is 13.7. The van der Waals surface area contributed by atoms with Gasteiger partial charge in [-0.25, -0.2) is 38.2 Å². The number of rotatable bonds is 21.